The van der Waals surface area contributed by atoms with Crippen molar-refractivity contribution in [3.8, 4) is 0 Å². The summed E-state index contributed by atoms with van der Waals surface area (Å²) in [5, 5.41) is 2.69. The normalized spacial score (nSPS) is 10.4. The molecular weight excluding hydrogens is 334 g/mol. The molecule has 4 nitrogen and oxygen atoms in total. The molecule has 1 aromatic carbocycles. The lowest BCUT2D eigenvalue weighted by atomic mass is 10.3. The van der Waals surface area contributed by atoms with Crippen LogP contribution in [0.15, 0.2) is 22.7 Å². The molecule has 1 heterocycles. The summed E-state index contributed by atoms with van der Waals surface area (Å²) in [6.45, 7) is 0. The van der Waals surface area contributed by atoms with Gasteiger partial charge in [0.2, 0.25) is 16.5 Å². The van der Waals surface area contributed by atoms with Crippen molar-refractivity contribution >= 4 is 50.8 Å². The molecule has 88 valence electrons. The van der Waals surface area contributed by atoms with Crippen molar-refractivity contribution < 1.29 is 4.39 Å². The van der Waals surface area contributed by atoms with E-state index in [-0.39, 0.29) is 16.5 Å². The van der Waals surface area contributed by atoms with Gasteiger partial charge in [-0.3, -0.25) is 0 Å². The highest BCUT2D eigenvalue weighted by molar-refractivity contribution is 9.10. The van der Waals surface area contributed by atoms with Crippen LogP contribution in [0.25, 0.3) is 0 Å². The third kappa shape index (κ3) is 3.24. The minimum atomic E-state index is -0.402. The third-order valence-electron chi connectivity index (χ3n) is 1.76. The Morgan fingerprint density at radius 2 is 1.76 bits per heavy atom. The summed E-state index contributed by atoms with van der Waals surface area (Å²) < 4.78 is 13.6. The van der Waals surface area contributed by atoms with Gasteiger partial charge in [0, 0.05) is 5.69 Å². The van der Waals surface area contributed by atoms with Crippen LogP contribution in [0, 0.1) is 5.82 Å². The largest absolute Gasteiger partial charge is 0.324 e. The first-order valence-corrected chi connectivity index (χ1v) is 5.88. The summed E-state index contributed by atoms with van der Waals surface area (Å²) in [6.07, 6.45) is 0. The number of nitrogens with zero attached hydrogens (tertiary/aromatic N) is 3. The van der Waals surface area contributed by atoms with E-state index in [1.54, 1.807) is 12.1 Å². The fraction of sp³-hybridized carbons (Fsp3) is 0. The molecule has 1 N–H and O–H groups in total. The van der Waals surface area contributed by atoms with Crippen LogP contribution in [0.1, 0.15) is 0 Å². The Labute approximate surface area is 114 Å². The molecule has 0 aliphatic heterocycles. The van der Waals surface area contributed by atoms with Gasteiger partial charge >= 0.3 is 0 Å². The van der Waals surface area contributed by atoms with E-state index in [9.17, 15) is 4.39 Å². The molecule has 0 saturated heterocycles. The van der Waals surface area contributed by atoms with Gasteiger partial charge in [-0.25, -0.2) is 4.39 Å². The number of hydrogen-bond donors (Lipinski definition) is 1. The SMILES string of the molecule is Fc1cc(Nc2nc(Cl)nc(Cl)n2)ccc1Br. The van der Waals surface area contributed by atoms with E-state index < -0.39 is 5.82 Å². The number of aromatic nitrogens is 3. The molecule has 0 aliphatic carbocycles. The van der Waals surface area contributed by atoms with Gasteiger partial charge in [-0.05, 0) is 57.3 Å². The molecule has 0 fully saturated rings. The lowest BCUT2D eigenvalue weighted by Crippen LogP contribution is -1.99. The molecule has 0 bridgehead atoms. The molecule has 8 heteroatoms. The zero-order chi connectivity index (χ0) is 12.4. The first-order valence-electron chi connectivity index (χ1n) is 4.34. The molecule has 0 atom stereocenters. The first-order chi connectivity index (χ1) is 8.04. The van der Waals surface area contributed by atoms with E-state index in [2.05, 4.69) is 36.2 Å². The maximum absolute atomic E-state index is 13.2. The maximum atomic E-state index is 13.2. The summed E-state index contributed by atoms with van der Waals surface area (Å²) in [7, 11) is 0. The summed E-state index contributed by atoms with van der Waals surface area (Å²) in [4.78, 5) is 11.2. The molecule has 0 unspecified atom stereocenters. The summed E-state index contributed by atoms with van der Waals surface area (Å²) in [5.41, 5.74) is 0.476. The van der Waals surface area contributed by atoms with Crippen LogP contribution in [0.2, 0.25) is 10.6 Å². The molecular formula is C9H4BrCl2FN4. The molecule has 0 aliphatic rings. The molecule has 17 heavy (non-hydrogen) atoms. The quantitative estimate of drug-likeness (QED) is 0.905. The van der Waals surface area contributed by atoms with Crippen molar-refractivity contribution in [1.29, 1.82) is 0 Å². The molecule has 2 rings (SSSR count). The van der Waals surface area contributed by atoms with E-state index in [0.717, 1.165) is 0 Å². The summed E-state index contributed by atoms with van der Waals surface area (Å²) >= 11 is 14.3. The van der Waals surface area contributed by atoms with Gasteiger partial charge in [0.05, 0.1) is 4.47 Å². The Morgan fingerprint density at radius 3 is 2.35 bits per heavy atom. The van der Waals surface area contributed by atoms with Crippen molar-refractivity contribution in [2.24, 2.45) is 0 Å². The second-order valence-corrected chi connectivity index (χ2v) is 4.48. The zero-order valence-corrected chi connectivity index (χ0v) is 11.2. The van der Waals surface area contributed by atoms with Gasteiger partial charge in [-0.15, -0.1) is 0 Å². The average molecular weight is 338 g/mol. The van der Waals surface area contributed by atoms with Crippen LogP contribution < -0.4 is 5.32 Å². The molecule has 0 amide bonds. The van der Waals surface area contributed by atoms with Crippen LogP contribution in [0.3, 0.4) is 0 Å². The van der Waals surface area contributed by atoms with Gasteiger partial charge in [0.25, 0.3) is 0 Å². The second kappa shape index (κ2) is 5.12. The van der Waals surface area contributed by atoms with E-state index in [4.69, 9.17) is 23.2 Å². The molecule has 2 aromatic rings. The average Bonchev–Trinajstić information content (AvgIpc) is 2.22. The van der Waals surface area contributed by atoms with Crippen molar-refractivity contribution in [3.05, 3.63) is 39.1 Å². The van der Waals surface area contributed by atoms with Crippen LogP contribution >= 0.6 is 39.1 Å². The Kier molecular flexibility index (Phi) is 3.76. The van der Waals surface area contributed by atoms with Crippen molar-refractivity contribution in [1.82, 2.24) is 15.0 Å². The van der Waals surface area contributed by atoms with E-state index in [1.807, 2.05) is 0 Å². The van der Waals surface area contributed by atoms with Crippen molar-refractivity contribution in [3.63, 3.8) is 0 Å². The Bertz CT molecular complexity index is 546. The second-order valence-electron chi connectivity index (χ2n) is 2.95. The number of hydrogen-bond acceptors (Lipinski definition) is 4. The van der Waals surface area contributed by atoms with Gasteiger partial charge in [0.1, 0.15) is 5.82 Å². The van der Waals surface area contributed by atoms with Gasteiger partial charge in [-0.2, -0.15) is 15.0 Å². The fourth-order valence-corrected chi connectivity index (χ4v) is 1.69. The maximum Gasteiger partial charge on any atom is 0.232 e. The van der Waals surface area contributed by atoms with E-state index >= 15 is 0 Å². The van der Waals surface area contributed by atoms with Crippen LogP contribution in [-0.4, -0.2) is 15.0 Å². The number of anilines is 2. The molecule has 0 saturated carbocycles. The predicted molar refractivity (Wildman–Crippen MR) is 67.2 cm³/mol. The van der Waals surface area contributed by atoms with Gasteiger partial charge in [-0.1, -0.05) is 0 Å². The number of benzene rings is 1. The number of nitrogens with one attached hydrogen (secondary N) is 1. The Morgan fingerprint density at radius 1 is 1.12 bits per heavy atom. The highest BCUT2D eigenvalue weighted by atomic mass is 79.9. The topological polar surface area (TPSA) is 50.7 Å². The fourth-order valence-electron chi connectivity index (χ4n) is 1.08. The molecule has 1 aromatic heterocycles. The Hall–Kier alpha value is -0.980. The summed E-state index contributed by atoms with van der Waals surface area (Å²) in [6, 6.07) is 4.50. The minimum Gasteiger partial charge on any atom is -0.324 e. The lowest BCUT2D eigenvalue weighted by Gasteiger charge is -2.05. The monoisotopic (exact) mass is 336 g/mol. The summed E-state index contributed by atoms with van der Waals surface area (Å²) in [5.74, 6) is -0.252. The Balaban J connectivity index is 2.28. The van der Waals surface area contributed by atoms with Crippen LogP contribution in [0.4, 0.5) is 16.0 Å². The number of halogens is 4. The standard InChI is InChI=1S/C9H4BrCl2FN4/c10-5-2-1-4(3-6(5)13)14-9-16-7(11)15-8(12)17-9/h1-3H,(H,14,15,16,17). The van der Waals surface area contributed by atoms with E-state index in [0.29, 0.717) is 10.2 Å². The predicted octanol–water partition coefficient (Wildman–Crippen LogP) is 3.82. The third-order valence-corrected chi connectivity index (χ3v) is 2.74. The highest BCUT2D eigenvalue weighted by Crippen LogP contribution is 2.21. The highest BCUT2D eigenvalue weighted by Gasteiger charge is 2.05. The smallest absolute Gasteiger partial charge is 0.232 e. The zero-order valence-electron chi connectivity index (χ0n) is 8.09. The van der Waals surface area contributed by atoms with Crippen LogP contribution in [-0.2, 0) is 0 Å². The van der Waals surface area contributed by atoms with Gasteiger partial charge < -0.3 is 5.32 Å². The van der Waals surface area contributed by atoms with Crippen molar-refractivity contribution in [2.45, 2.75) is 0 Å². The molecule has 0 radical (unpaired) electrons. The first kappa shape index (κ1) is 12.5. The van der Waals surface area contributed by atoms with Crippen molar-refractivity contribution in [2.75, 3.05) is 5.32 Å². The van der Waals surface area contributed by atoms with Gasteiger partial charge in [0.15, 0.2) is 0 Å². The van der Waals surface area contributed by atoms with E-state index in [1.165, 1.54) is 6.07 Å². The minimum absolute atomic E-state index is 0.0370. The number of rotatable bonds is 2. The van der Waals surface area contributed by atoms with Crippen LogP contribution in [0.5, 0.6) is 0 Å². The lowest BCUT2D eigenvalue weighted by molar-refractivity contribution is 0.622. The molecule has 0 spiro atoms.